The highest BCUT2D eigenvalue weighted by molar-refractivity contribution is 5.70. The van der Waals surface area contributed by atoms with Gasteiger partial charge < -0.3 is 19.3 Å². The Morgan fingerprint density at radius 1 is 1.38 bits per heavy atom. The van der Waals surface area contributed by atoms with Gasteiger partial charge in [0.15, 0.2) is 5.82 Å². The van der Waals surface area contributed by atoms with Crippen LogP contribution in [-0.4, -0.2) is 59.7 Å². The first-order chi connectivity index (χ1) is 14.0. The highest BCUT2D eigenvalue weighted by Crippen LogP contribution is 2.35. The number of fused-ring (bicyclic) bond motifs is 1. The number of rotatable bonds is 3. The molecule has 4 heterocycles. The van der Waals surface area contributed by atoms with Crippen LogP contribution in [-0.2, 0) is 22.4 Å². The van der Waals surface area contributed by atoms with Gasteiger partial charge in [-0.15, -0.1) is 0 Å². The van der Waals surface area contributed by atoms with Crippen molar-refractivity contribution in [3.05, 3.63) is 35.0 Å². The lowest BCUT2D eigenvalue weighted by Gasteiger charge is -2.29. The third kappa shape index (κ3) is 3.66. The largest absolute Gasteiger partial charge is 0.453 e. The minimum Gasteiger partial charge on any atom is -0.453 e. The van der Waals surface area contributed by atoms with Crippen molar-refractivity contribution in [2.45, 2.75) is 38.8 Å². The second-order valence-corrected chi connectivity index (χ2v) is 7.50. The van der Waals surface area contributed by atoms with Gasteiger partial charge in [-0.3, -0.25) is 9.67 Å². The number of aryl methyl sites for hydroxylation is 1. The highest BCUT2D eigenvalue weighted by atomic mass is 19.1. The molecule has 0 spiro atoms. The Morgan fingerprint density at radius 2 is 2.14 bits per heavy atom. The number of halogens is 1. The molecule has 2 aliphatic heterocycles. The lowest BCUT2D eigenvalue weighted by atomic mass is 10.0. The van der Waals surface area contributed by atoms with Crippen LogP contribution in [0.5, 0.6) is 0 Å². The zero-order chi connectivity index (χ0) is 20.5. The van der Waals surface area contributed by atoms with Crippen LogP contribution >= 0.6 is 0 Å². The number of hydrogen-bond acceptors (Lipinski definition) is 6. The fourth-order valence-corrected chi connectivity index (χ4v) is 4.02. The van der Waals surface area contributed by atoms with Crippen molar-refractivity contribution in [1.82, 2.24) is 19.7 Å². The number of hydrogen-bond donors (Lipinski definition) is 0. The van der Waals surface area contributed by atoms with Gasteiger partial charge in [-0.2, -0.15) is 5.10 Å². The average molecular weight is 403 g/mol. The SMILES string of the molecule is COC(=O)N1CCc2c(c(N(C)c3cnc(C)c(F)c3)nn2C2CCOCC2)C1. The second-order valence-electron chi connectivity index (χ2n) is 7.50. The van der Waals surface area contributed by atoms with Gasteiger partial charge in [0.2, 0.25) is 0 Å². The van der Waals surface area contributed by atoms with Gasteiger partial charge >= 0.3 is 6.09 Å². The first-order valence-electron chi connectivity index (χ1n) is 9.86. The van der Waals surface area contributed by atoms with E-state index in [0.29, 0.717) is 49.9 Å². The van der Waals surface area contributed by atoms with Crippen LogP contribution in [0, 0.1) is 12.7 Å². The lowest BCUT2D eigenvalue weighted by Crippen LogP contribution is -2.37. The summed E-state index contributed by atoms with van der Waals surface area (Å²) in [6.07, 6.45) is 3.78. The predicted octanol–water partition coefficient (Wildman–Crippen LogP) is 2.97. The standard InChI is InChI=1S/C20H26FN5O3/c1-13-17(21)10-15(11-22-13)24(2)19-16-12-25(20(27)28-3)7-4-18(16)26(23-19)14-5-8-29-9-6-14/h10-11,14H,4-9,12H2,1-3H3. The van der Waals surface area contributed by atoms with E-state index in [2.05, 4.69) is 9.67 Å². The summed E-state index contributed by atoms with van der Waals surface area (Å²) in [5, 5.41) is 4.92. The first-order valence-corrected chi connectivity index (χ1v) is 9.86. The molecule has 2 aromatic heterocycles. The molecule has 4 rings (SSSR count). The van der Waals surface area contributed by atoms with Crippen LogP contribution in [0.2, 0.25) is 0 Å². The lowest BCUT2D eigenvalue weighted by molar-refractivity contribution is 0.0649. The van der Waals surface area contributed by atoms with Gasteiger partial charge in [-0.05, 0) is 19.8 Å². The molecule has 0 aliphatic carbocycles. The fourth-order valence-electron chi connectivity index (χ4n) is 4.02. The number of carbonyl (C=O) groups is 1. The highest BCUT2D eigenvalue weighted by Gasteiger charge is 2.32. The molecule has 29 heavy (non-hydrogen) atoms. The van der Waals surface area contributed by atoms with Gasteiger partial charge in [0, 0.05) is 50.6 Å². The van der Waals surface area contributed by atoms with E-state index in [1.165, 1.54) is 13.2 Å². The fraction of sp³-hybridized carbons (Fsp3) is 0.550. The summed E-state index contributed by atoms with van der Waals surface area (Å²) >= 11 is 0. The molecule has 1 saturated heterocycles. The Bertz CT molecular complexity index is 910. The number of carbonyl (C=O) groups excluding carboxylic acids is 1. The van der Waals surface area contributed by atoms with Crippen LogP contribution < -0.4 is 4.90 Å². The van der Waals surface area contributed by atoms with E-state index in [-0.39, 0.29) is 18.0 Å². The van der Waals surface area contributed by atoms with Gasteiger partial charge in [0.05, 0.1) is 37.3 Å². The third-order valence-electron chi connectivity index (χ3n) is 5.75. The van der Waals surface area contributed by atoms with Crippen molar-refractivity contribution in [3.8, 4) is 0 Å². The minimum atomic E-state index is -0.358. The molecule has 0 atom stereocenters. The zero-order valence-electron chi connectivity index (χ0n) is 17.0. The number of ether oxygens (including phenoxy) is 2. The summed E-state index contributed by atoms with van der Waals surface area (Å²) in [7, 11) is 3.23. The molecule has 0 unspecified atom stereocenters. The molecule has 156 valence electrons. The molecule has 1 fully saturated rings. The van der Waals surface area contributed by atoms with Gasteiger partial charge in [-0.1, -0.05) is 0 Å². The summed E-state index contributed by atoms with van der Waals surface area (Å²) in [6.45, 7) is 4.05. The maximum Gasteiger partial charge on any atom is 0.409 e. The monoisotopic (exact) mass is 403 g/mol. The quantitative estimate of drug-likeness (QED) is 0.785. The number of methoxy groups -OCH3 is 1. The van der Waals surface area contributed by atoms with Crippen molar-refractivity contribution >= 4 is 17.6 Å². The molecule has 0 saturated carbocycles. The molecule has 2 aromatic rings. The van der Waals surface area contributed by atoms with E-state index in [4.69, 9.17) is 14.6 Å². The molecule has 0 aromatic carbocycles. The van der Waals surface area contributed by atoms with Crippen molar-refractivity contribution in [2.75, 3.05) is 38.8 Å². The molecule has 8 nitrogen and oxygen atoms in total. The van der Waals surface area contributed by atoms with E-state index in [1.54, 1.807) is 18.0 Å². The summed E-state index contributed by atoms with van der Waals surface area (Å²) in [6, 6.07) is 1.72. The Kier molecular flexibility index (Phi) is 5.40. The van der Waals surface area contributed by atoms with Gasteiger partial charge in [0.1, 0.15) is 5.82 Å². The van der Waals surface area contributed by atoms with Crippen molar-refractivity contribution in [2.24, 2.45) is 0 Å². The van der Waals surface area contributed by atoms with Crippen molar-refractivity contribution < 1.29 is 18.7 Å². The van der Waals surface area contributed by atoms with Crippen molar-refractivity contribution in [3.63, 3.8) is 0 Å². The molecular formula is C20H26FN5O3. The number of anilines is 2. The maximum atomic E-state index is 14.1. The van der Waals surface area contributed by atoms with Gasteiger partial charge in [-0.25, -0.2) is 9.18 Å². The molecule has 1 amide bonds. The molecule has 9 heteroatoms. The summed E-state index contributed by atoms with van der Waals surface area (Å²) in [4.78, 5) is 19.8. The molecule has 2 aliphatic rings. The zero-order valence-corrected chi connectivity index (χ0v) is 17.0. The van der Waals surface area contributed by atoms with Crippen LogP contribution in [0.4, 0.5) is 20.7 Å². The van der Waals surface area contributed by atoms with Crippen LogP contribution in [0.3, 0.4) is 0 Å². The van der Waals surface area contributed by atoms with E-state index >= 15 is 0 Å². The summed E-state index contributed by atoms with van der Waals surface area (Å²) in [5.41, 5.74) is 3.06. The summed E-state index contributed by atoms with van der Waals surface area (Å²) in [5.74, 6) is 0.355. The Balaban J connectivity index is 1.74. The molecular weight excluding hydrogens is 377 g/mol. The normalized spacial score (nSPS) is 17.2. The predicted molar refractivity (Wildman–Crippen MR) is 105 cm³/mol. The average Bonchev–Trinajstić information content (AvgIpc) is 3.14. The molecule has 0 radical (unpaired) electrons. The van der Waals surface area contributed by atoms with E-state index < -0.39 is 0 Å². The van der Waals surface area contributed by atoms with Gasteiger partial charge in [0.25, 0.3) is 0 Å². The van der Waals surface area contributed by atoms with Crippen LogP contribution in [0.1, 0.15) is 35.8 Å². The van der Waals surface area contributed by atoms with E-state index in [0.717, 1.165) is 24.1 Å². The summed E-state index contributed by atoms with van der Waals surface area (Å²) < 4.78 is 26.6. The second kappa shape index (κ2) is 7.98. The first kappa shape index (κ1) is 19.6. The van der Waals surface area contributed by atoms with Crippen LogP contribution in [0.25, 0.3) is 0 Å². The van der Waals surface area contributed by atoms with E-state index in [1.807, 2.05) is 11.9 Å². The Morgan fingerprint density at radius 3 is 2.83 bits per heavy atom. The topological polar surface area (TPSA) is 72.7 Å². The number of pyridine rings is 1. The Hall–Kier alpha value is -2.68. The van der Waals surface area contributed by atoms with E-state index in [9.17, 15) is 9.18 Å². The minimum absolute atomic E-state index is 0.261. The number of aromatic nitrogens is 3. The Labute approximate surface area is 169 Å². The maximum absolute atomic E-state index is 14.1. The number of nitrogens with zero attached hydrogens (tertiary/aromatic N) is 5. The van der Waals surface area contributed by atoms with Crippen molar-refractivity contribution in [1.29, 1.82) is 0 Å². The smallest absolute Gasteiger partial charge is 0.409 e. The number of amides is 1. The molecule has 0 N–H and O–H groups in total. The van der Waals surface area contributed by atoms with Crippen LogP contribution in [0.15, 0.2) is 12.3 Å². The third-order valence-corrected chi connectivity index (χ3v) is 5.75. The molecule has 0 bridgehead atoms.